The van der Waals surface area contributed by atoms with Gasteiger partial charge in [0.25, 0.3) is 0 Å². The van der Waals surface area contributed by atoms with Crippen molar-refractivity contribution in [2.45, 2.75) is 20.8 Å². The maximum atomic E-state index is 5.64. The van der Waals surface area contributed by atoms with Crippen LogP contribution in [0.3, 0.4) is 0 Å². The number of halogens is 1. The molecule has 0 spiro atoms. The van der Waals surface area contributed by atoms with Crippen LogP contribution < -0.4 is 10.6 Å². The zero-order chi connectivity index (χ0) is 13.0. The molecule has 2 N–H and O–H groups in total. The fourth-order valence-corrected chi connectivity index (χ4v) is 2.65. The number of benzene rings is 1. The molecule has 0 fully saturated rings. The summed E-state index contributed by atoms with van der Waals surface area (Å²) in [6, 6.07) is 6.14. The summed E-state index contributed by atoms with van der Waals surface area (Å²) in [5.41, 5.74) is 7.74. The van der Waals surface area contributed by atoms with Crippen molar-refractivity contribution in [2.24, 2.45) is 11.7 Å². The van der Waals surface area contributed by atoms with E-state index >= 15 is 0 Å². The van der Waals surface area contributed by atoms with E-state index in [0.29, 0.717) is 10.9 Å². The minimum absolute atomic E-state index is 0.426. The van der Waals surface area contributed by atoms with Gasteiger partial charge in [-0.2, -0.15) is 0 Å². The van der Waals surface area contributed by atoms with E-state index in [1.54, 1.807) is 0 Å². The monoisotopic (exact) mass is 314 g/mol. The normalized spacial score (nSPS) is 10.6. The molecule has 0 radical (unpaired) electrons. The first kappa shape index (κ1) is 14.5. The highest BCUT2D eigenvalue weighted by Crippen LogP contribution is 2.24. The summed E-state index contributed by atoms with van der Waals surface area (Å²) in [5.74, 6) is 0.643. The second kappa shape index (κ2) is 6.36. The molecular weight excluding hydrogens is 296 g/mol. The molecule has 0 bridgehead atoms. The molecule has 0 heterocycles. The van der Waals surface area contributed by atoms with Gasteiger partial charge in [0.15, 0.2) is 0 Å². The number of thiocarbonyl (C=S) groups is 1. The average molecular weight is 315 g/mol. The second-order valence-electron chi connectivity index (χ2n) is 4.46. The number of nitrogens with zero attached hydrogens (tertiary/aromatic N) is 1. The zero-order valence-electron chi connectivity index (χ0n) is 10.5. The minimum Gasteiger partial charge on any atom is -0.389 e. The highest BCUT2D eigenvalue weighted by Gasteiger charge is 2.09. The number of nitrogens with two attached hydrogens (primary N) is 1. The summed E-state index contributed by atoms with van der Waals surface area (Å²) in [4.78, 5) is 2.77. The van der Waals surface area contributed by atoms with Crippen molar-refractivity contribution >= 4 is 38.8 Å². The van der Waals surface area contributed by atoms with Crippen LogP contribution in [0.5, 0.6) is 0 Å². The van der Waals surface area contributed by atoms with Gasteiger partial charge in [-0.3, -0.25) is 0 Å². The third-order valence-corrected chi connectivity index (χ3v) is 3.43. The quantitative estimate of drug-likeness (QED) is 0.842. The maximum absolute atomic E-state index is 5.64. The molecule has 0 aliphatic heterocycles. The predicted octanol–water partition coefficient (Wildman–Crippen LogP) is 3.57. The van der Waals surface area contributed by atoms with Crippen molar-refractivity contribution in [3.63, 3.8) is 0 Å². The van der Waals surface area contributed by atoms with E-state index in [0.717, 1.165) is 23.1 Å². The van der Waals surface area contributed by atoms with Gasteiger partial charge in [0.2, 0.25) is 0 Å². The average Bonchev–Trinajstić information content (AvgIpc) is 2.24. The van der Waals surface area contributed by atoms with Crippen LogP contribution in [-0.2, 0) is 0 Å². The van der Waals surface area contributed by atoms with Crippen molar-refractivity contribution in [1.82, 2.24) is 0 Å². The first-order valence-electron chi connectivity index (χ1n) is 5.80. The molecule has 0 atom stereocenters. The standard InChI is InChI=1S/C13H19BrN2S/c1-4-16(8-9(2)3)10-5-6-11(13(15)17)12(14)7-10/h5-7,9H,4,8H2,1-3H3,(H2,15,17). The van der Waals surface area contributed by atoms with Crippen LogP contribution in [0.2, 0.25) is 0 Å². The Morgan fingerprint density at radius 1 is 1.47 bits per heavy atom. The van der Waals surface area contributed by atoms with Crippen LogP contribution in [0, 0.1) is 5.92 Å². The van der Waals surface area contributed by atoms with Crippen LogP contribution >= 0.6 is 28.1 Å². The molecule has 0 aromatic heterocycles. The topological polar surface area (TPSA) is 29.3 Å². The molecule has 0 aliphatic carbocycles. The lowest BCUT2D eigenvalue weighted by atomic mass is 10.1. The molecule has 0 amide bonds. The van der Waals surface area contributed by atoms with Gasteiger partial charge < -0.3 is 10.6 Å². The van der Waals surface area contributed by atoms with Crippen LogP contribution in [0.15, 0.2) is 22.7 Å². The number of rotatable bonds is 5. The smallest absolute Gasteiger partial charge is 0.105 e. The van der Waals surface area contributed by atoms with Gasteiger partial charge in [-0.15, -0.1) is 0 Å². The van der Waals surface area contributed by atoms with Crippen LogP contribution in [-0.4, -0.2) is 18.1 Å². The largest absolute Gasteiger partial charge is 0.389 e. The molecule has 0 unspecified atom stereocenters. The van der Waals surface area contributed by atoms with Gasteiger partial charge in [-0.25, -0.2) is 0 Å². The number of hydrogen-bond donors (Lipinski definition) is 1. The van der Waals surface area contributed by atoms with Crippen LogP contribution in [0.4, 0.5) is 5.69 Å². The molecule has 94 valence electrons. The summed E-state index contributed by atoms with van der Waals surface area (Å²) >= 11 is 8.51. The fourth-order valence-electron chi connectivity index (χ4n) is 1.76. The lowest BCUT2D eigenvalue weighted by molar-refractivity contribution is 0.619. The second-order valence-corrected chi connectivity index (χ2v) is 5.76. The molecular formula is C13H19BrN2S. The van der Waals surface area contributed by atoms with Gasteiger partial charge in [0.1, 0.15) is 4.99 Å². The van der Waals surface area contributed by atoms with Crippen LogP contribution in [0.25, 0.3) is 0 Å². The summed E-state index contributed by atoms with van der Waals surface area (Å²) in [6.45, 7) is 8.66. The Bertz CT molecular complexity index is 404. The van der Waals surface area contributed by atoms with E-state index in [9.17, 15) is 0 Å². The molecule has 4 heteroatoms. The van der Waals surface area contributed by atoms with Crippen LogP contribution in [0.1, 0.15) is 26.3 Å². The molecule has 1 aromatic rings. The SMILES string of the molecule is CCN(CC(C)C)c1ccc(C(N)=S)c(Br)c1. The Morgan fingerprint density at radius 2 is 2.12 bits per heavy atom. The Hall–Kier alpha value is -0.610. The summed E-state index contributed by atoms with van der Waals surface area (Å²) in [5, 5.41) is 0. The predicted molar refractivity (Wildman–Crippen MR) is 82.8 cm³/mol. The van der Waals surface area contributed by atoms with Crippen molar-refractivity contribution in [3.8, 4) is 0 Å². The first-order chi connectivity index (χ1) is 7.95. The highest BCUT2D eigenvalue weighted by atomic mass is 79.9. The molecule has 0 aliphatic rings. The maximum Gasteiger partial charge on any atom is 0.105 e. The molecule has 0 saturated heterocycles. The lowest BCUT2D eigenvalue weighted by Crippen LogP contribution is -2.27. The van der Waals surface area contributed by atoms with E-state index in [-0.39, 0.29) is 0 Å². The van der Waals surface area contributed by atoms with Gasteiger partial charge in [0.05, 0.1) is 0 Å². The highest BCUT2D eigenvalue weighted by molar-refractivity contribution is 9.10. The van der Waals surface area contributed by atoms with E-state index in [1.807, 2.05) is 6.07 Å². The van der Waals surface area contributed by atoms with Gasteiger partial charge in [-0.05, 0) is 47.0 Å². The van der Waals surface area contributed by atoms with E-state index in [1.165, 1.54) is 5.69 Å². The molecule has 1 rings (SSSR count). The third kappa shape index (κ3) is 3.96. The third-order valence-electron chi connectivity index (χ3n) is 2.55. The van der Waals surface area contributed by atoms with Crippen molar-refractivity contribution in [1.29, 1.82) is 0 Å². The van der Waals surface area contributed by atoms with E-state index < -0.39 is 0 Å². The number of hydrogen-bond acceptors (Lipinski definition) is 2. The Labute approximate surface area is 117 Å². The Balaban J connectivity index is 2.98. The Kier molecular flexibility index (Phi) is 5.40. The lowest BCUT2D eigenvalue weighted by Gasteiger charge is -2.25. The summed E-state index contributed by atoms with van der Waals surface area (Å²) in [7, 11) is 0. The molecule has 0 saturated carbocycles. The number of anilines is 1. The summed E-state index contributed by atoms with van der Waals surface area (Å²) in [6.07, 6.45) is 0. The zero-order valence-corrected chi connectivity index (χ0v) is 12.9. The first-order valence-corrected chi connectivity index (χ1v) is 7.00. The molecule has 1 aromatic carbocycles. The van der Waals surface area contributed by atoms with Gasteiger partial charge in [0, 0.05) is 28.8 Å². The minimum atomic E-state index is 0.426. The molecule has 17 heavy (non-hydrogen) atoms. The summed E-state index contributed by atoms with van der Waals surface area (Å²) < 4.78 is 0.963. The van der Waals surface area contributed by atoms with Crippen molar-refractivity contribution in [3.05, 3.63) is 28.2 Å². The molecule has 2 nitrogen and oxygen atoms in total. The fraction of sp³-hybridized carbons (Fsp3) is 0.462. The van der Waals surface area contributed by atoms with Gasteiger partial charge >= 0.3 is 0 Å². The van der Waals surface area contributed by atoms with E-state index in [2.05, 4.69) is 53.7 Å². The Morgan fingerprint density at radius 3 is 2.53 bits per heavy atom. The van der Waals surface area contributed by atoms with Crippen molar-refractivity contribution in [2.75, 3.05) is 18.0 Å². The van der Waals surface area contributed by atoms with E-state index in [4.69, 9.17) is 18.0 Å². The van der Waals surface area contributed by atoms with Gasteiger partial charge in [-0.1, -0.05) is 26.1 Å². The van der Waals surface area contributed by atoms with Crippen molar-refractivity contribution < 1.29 is 0 Å².